The van der Waals surface area contributed by atoms with Crippen LogP contribution in [0, 0.1) is 0 Å². The van der Waals surface area contributed by atoms with Crippen molar-refractivity contribution in [2.45, 2.75) is 6.92 Å². The second kappa shape index (κ2) is 13.6. The maximum atomic E-state index is 13.2. The molecule has 0 bridgehead atoms. The summed E-state index contributed by atoms with van der Waals surface area (Å²) in [6.45, 7) is 2.25. The molecule has 0 aromatic heterocycles. The number of fused-ring (bicyclic) bond motifs is 1. The summed E-state index contributed by atoms with van der Waals surface area (Å²) < 4.78 is 22.0. The number of esters is 1. The molecule has 0 unspecified atom stereocenters. The van der Waals surface area contributed by atoms with Crippen LogP contribution in [0.1, 0.15) is 38.8 Å². The summed E-state index contributed by atoms with van der Waals surface area (Å²) in [5, 5.41) is 6.72. The molecule has 10 heteroatoms. The first-order chi connectivity index (χ1) is 21.0. The molecule has 4 aromatic rings. The molecule has 2 amide bonds. The van der Waals surface area contributed by atoms with Crippen molar-refractivity contribution < 1.29 is 33.3 Å². The van der Waals surface area contributed by atoms with Crippen LogP contribution in [0.5, 0.6) is 23.0 Å². The fourth-order valence-electron chi connectivity index (χ4n) is 4.03. The van der Waals surface area contributed by atoms with Gasteiger partial charge in [-0.1, -0.05) is 42.5 Å². The summed E-state index contributed by atoms with van der Waals surface area (Å²) in [4.78, 5) is 38.6. The van der Waals surface area contributed by atoms with Gasteiger partial charge in [0.15, 0.2) is 23.0 Å². The highest BCUT2D eigenvalue weighted by Gasteiger charge is 2.17. The molecule has 2 N–H and O–H groups in total. The van der Waals surface area contributed by atoms with Gasteiger partial charge in [0.05, 0.1) is 18.4 Å². The van der Waals surface area contributed by atoms with Gasteiger partial charge in [-0.25, -0.2) is 10.2 Å². The summed E-state index contributed by atoms with van der Waals surface area (Å²) in [7, 11) is 0. The Morgan fingerprint density at radius 2 is 1.51 bits per heavy atom. The molecule has 43 heavy (non-hydrogen) atoms. The van der Waals surface area contributed by atoms with Gasteiger partial charge in [-0.15, -0.1) is 0 Å². The zero-order valence-electron chi connectivity index (χ0n) is 23.1. The van der Waals surface area contributed by atoms with E-state index in [0.29, 0.717) is 46.1 Å². The third-order valence-electron chi connectivity index (χ3n) is 6.10. The number of ether oxygens (including phenoxy) is 4. The molecule has 1 aliphatic rings. The zero-order chi connectivity index (χ0) is 30.0. The van der Waals surface area contributed by atoms with Crippen LogP contribution >= 0.6 is 0 Å². The summed E-state index contributed by atoms with van der Waals surface area (Å²) in [5.74, 6) is 0.0622. The number of nitrogens with one attached hydrogen (secondary N) is 2. The highest BCUT2D eigenvalue weighted by atomic mass is 16.7. The van der Waals surface area contributed by atoms with Crippen molar-refractivity contribution in [3.63, 3.8) is 0 Å². The quantitative estimate of drug-likeness (QED) is 0.0898. The van der Waals surface area contributed by atoms with Crippen molar-refractivity contribution in [2.75, 3.05) is 13.4 Å². The van der Waals surface area contributed by atoms with Crippen LogP contribution in [0.2, 0.25) is 0 Å². The Labute approximate surface area is 247 Å². The normalized spacial score (nSPS) is 12.1. The number of rotatable bonds is 10. The van der Waals surface area contributed by atoms with Crippen LogP contribution < -0.4 is 29.7 Å². The van der Waals surface area contributed by atoms with E-state index in [1.165, 1.54) is 12.3 Å². The number of hydrazone groups is 1. The molecule has 0 aliphatic carbocycles. The lowest BCUT2D eigenvalue weighted by Crippen LogP contribution is -2.32. The van der Waals surface area contributed by atoms with Crippen LogP contribution in [0.15, 0.2) is 108 Å². The van der Waals surface area contributed by atoms with Crippen molar-refractivity contribution in [3.05, 3.63) is 125 Å². The van der Waals surface area contributed by atoms with Gasteiger partial charge in [-0.2, -0.15) is 5.10 Å². The third kappa shape index (κ3) is 7.44. The summed E-state index contributed by atoms with van der Waals surface area (Å²) >= 11 is 0. The minimum Gasteiger partial charge on any atom is -0.490 e. The first kappa shape index (κ1) is 28.6. The highest BCUT2D eigenvalue weighted by molar-refractivity contribution is 6.05. The van der Waals surface area contributed by atoms with Gasteiger partial charge in [-0.3, -0.25) is 9.59 Å². The SMILES string of the molecule is CCOc1cc(/C=N/NC(=O)/C(=C\c2ccc3c(c2)OCO3)NC(=O)c2ccccc2)ccc1OC(=O)c1ccccc1. The van der Waals surface area contributed by atoms with Gasteiger partial charge in [0, 0.05) is 5.56 Å². The number of carbonyl (C=O) groups is 3. The van der Waals surface area contributed by atoms with Gasteiger partial charge in [0.1, 0.15) is 5.70 Å². The van der Waals surface area contributed by atoms with Crippen LogP contribution in [0.25, 0.3) is 6.08 Å². The van der Waals surface area contributed by atoms with Crippen LogP contribution in [-0.4, -0.2) is 37.4 Å². The van der Waals surface area contributed by atoms with Crippen molar-refractivity contribution in [1.29, 1.82) is 0 Å². The van der Waals surface area contributed by atoms with Crippen molar-refractivity contribution in [3.8, 4) is 23.0 Å². The predicted molar refractivity (Wildman–Crippen MR) is 159 cm³/mol. The van der Waals surface area contributed by atoms with Crippen molar-refractivity contribution in [1.82, 2.24) is 10.7 Å². The molecular formula is C33H27N3O7. The first-order valence-electron chi connectivity index (χ1n) is 13.4. The summed E-state index contributed by atoms with van der Waals surface area (Å²) in [5.41, 5.74) is 4.37. The Morgan fingerprint density at radius 3 is 2.26 bits per heavy atom. The molecule has 10 nitrogen and oxygen atoms in total. The van der Waals surface area contributed by atoms with Crippen LogP contribution in [0.4, 0.5) is 0 Å². The molecular weight excluding hydrogens is 550 g/mol. The van der Waals surface area contributed by atoms with E-state index in [0.717, 1.165) is 0 Å². The second-order valence-corrected chi connectivity index (χ2v) is 9.08. The molecule has 0 fully saturated rings. The van der Waals surface area contributed by atoms with E-state index in [9.17, 15) is 14.4 Å². The minimum atomic E-state index is -0.656. The van der Waals surface area contributed by atoms with Gasteiger partial charge in [-0.05, 0) is 78.7 Å². The monoisotopic (exact) mass is 577 g/mol. The number of benzene rings is 4. The lowest BCUT2D eigenvalue weighted by atomic mass is 10.1. The molecule has 0 saturated carbocycles. The van der Waals surface area contributed by atoms with Gasteiger partial charge in [0.25, 0.3) is 11.8 Å². The number of nitrogens with zero attached hydrogens (tertiary/aromatic N) is 1. The number of hydrogen-bond acceptors (Lipinski definition) is 8. The largest absolute Gasteiger partial charge is 0.490 e. The topological polar surface area (TPSA) is 125 Å². The predicted octanol–water partition coefficient (Wildman–Crippen LogP) is 4.95. The molecule has 0 saturated heterocycles. The molecule has 5 rings (SSSR count). The Bertz CT molecular complexity index is 1690. The number of hydrogen-bond donors (Lipinski definition) is 2. The van der Waals surface area contributed by atoms with E-state index >= 15 is 0 Å². The number of amides is 2. The minimum absolute atomic E-state index is 0.0388. The fraction of sp³-hybridized carbons (Fsp3) is 0.0909. The number of carbonyl (C=O) groups excluding carboxylic acids is 3. The molecule has 1 heterocycles. The average Bonchev–Trinajstić information content (AvgIpc) is 3.51. The molecule has 216 valence electrons. The van der Waals surface area contributed by atoms with Crippen molar-refractivity contribution >= 4 is 30.1 Å². The Hall–Kier alpha value is -5.90. The Morgan fingerprint density at radius 1 is 0.814 bits per heavy atom. The van der Waals surface area contributed by atoms with E-state index in [1.807, 2.05) is 13.0 Å². The molecule has 1 aliphatic heterocycles. The van der Waals surface area contributed by atoms with Gasteiger partial charge in [0.2, 0.25) is 6.79 Å². The second-order valence-electron chi connectivity index (χ2n) is 9.08. The Balaban J connectivity index is 1.32. The van der Waals surface area contributed by atoms with E-state index in [2.05, 4.69) is 15.8 Å². The molecule has 0 radical (unpaired) electrons. The summed E-state index contributed by atoms with van der Waals surface area (Å²) in [6.07, 6.45) is 2.91. The lowest BCUT2D eigenvalue weighted by Gasteiger charge is -2.11. The van der Waals surface area contributed by atoms with E-state index in [-0.39, 0.29) is 18.2 Å². The van der Waals surface area contributed by atoms with Crippen LogP contribution in [-0.2, 0) is 4.79 Å². The smallest absolute Gasteiger partial charge is 0.343 e. The zero-order valence-corrected chi connectivity index (χ0v) is 23.1. The summed E-state index contributed by atoms with van der Waals surface area (Å²) in [6, 6.07) is 27.2. The molecule has 0 spiro atoms. The third-order valence-corrected chi connectivity index (χ3v) is 6.10. The average molecular weight is 578 g/mol. The molecule has 0 atom stereocenters. The fourth-order valence-corrected chi connectivity index (χ4v) is 4.03. The van der Waals surface area contributed by atoms with Crippen molar-refractivity contribution in [2.24, 2.45) is 5.10 Å². The Kier molecular flexibility index (Phi) is 9.08. The maximum absolute atomic E-state index is 13.2. The van der Waals surface area contributed by atoms with E-state index in [1.54, 1.807) is 91.0 Å². The maximum Gasteiger partial charge on any atom is 0.343 e. The van der Waals surface area contributed by atoms with E-state index < -0.39 is 17.8 Å². The van der Waals surface area contributed by atoms with E-state index in [4.69, 9.17) is 18.9 Å². The van der Waals surface area contributed by atoms with Gasteiger partial charge >= 0.3 is 5.97 Å². The highest BCUT2D eigenvalue weighted by Crippen LogP contribution is 2.33. The standard InChI is InChI=1S/C33H27N3O7/c1-2-40-30-19-23(14-16-28(30)43-33(39)25-11-7-4-8-12-25)20-34-36-32(38)26(35-31(37)24-9-5-3-6-10-24)17-22-13-15-27-29(18-22)42-21-41-27/h3-20H,2,21H2,1H3,(H,35,37)(H,36,38)/b26-17+,34-20+. The van der Waals surface area contributed by atoms with Crippen LogP contribution in [0.3, 0.4) is 0 Å². The van der Waals surface area contributed by atoms with Gasteiger partial charge < -0.3 is 24.3 Å². The first-order valence-corrected chi connectivity index (χ1v) is 13.4. The molecule has 4 aromatic carbocycles. The lowest BCUT2D eigenvalue weighted by molar-refractivity contribution is -0.117.